The van der Waals surface area contributed by atoms with Crippen molar-refractivity contribution in [2.75, 3.05) is 11.4 Å². The van der Waals surface area contributed by atoms with Gasteiger partial charge >= 0.3 is 5.91 Å². The topological polar surface area (TPSA) is 89.7 Å². The van der Waals surface area contributed by atoms with Crippen molar-refractivity contribution in [3.8, 4) is 5.75 Å². The quantitative estimate of drug-likeness (QED) is 0.498. The molecule has 0 fully saturated rings. The summed E-state index contributed by atoms with van der Waals surface area (Å²) in [5.74, 6) is -0.380. The monoisotopic (exact) mass is 408 g/mol. The number of para-hydroxylation sites is 1. The summed E-state index contributed by atoms with van der Waals surface area (Å²) in [7, 11) is -2.81. The van der Waals surface area contributed by atoms with E-state index >= 15 is 0 Å². The first-order chi connectivity index (χ1) is 14.0. The number of amides is 1. The van der Waals surface area contributed by atoms with Gasteiger partial charge in [-0.25, -0.2) is 8.42 Å². The summed E-state index contributed by atoms with van der Waals surface area (Å²) < 4.78 is 38.3. The number of furan rings is 1. The van der Waals surface area contributed by atoms with Crippen molar-refractivity contribution in [3.63, 3.8) is 0 Å². The number of fused-ring (bicyclic) bond motifs is 1. The van der Waals surface area contributed by atoms with Crippen molar-refractivity contribution >= 4 is 32.5 Å². The number of nitrogens with zero attached hydrogens (tertiary/aromatic N) is 2. The highest BCUT2D eigenvalue weighted by Crippen LogP contribution is 2.30. The summed E-state index contributed by atoms with van der Waals surface area (Å²) in [6.07, 6.45) is 2.82. The van der Waals surface area contributed by atoms with Gasteiger partial charge in [0.05, 0.1) is 24.6 Å². The molecule has 4 aromatic rings. The molecule has 2 aromatic carbocycles. The Bertz CT molecular complexity index is 1260. The van der Waals surface area contributed by atoms with Crippen LogP contribution in [0.25, 0.3) is 10.9 Å². The number of methoxy groups -OCH3 is 1. The number of carbonyl (C=O) groups excluding carboxylic acids is 1. The summed E-state index contributed by atoms with van der Waals surface area (Å²) in [5.41, 5.74) is 0.431. The van der Waals surface area contributed by atoms with Crippen molar-refractivity contribution in [3.05, 3.63) is 85.0 Å². The van der Waals surface area contributed by atoms with Crippen molar-refractivity contribution in [1.29, 1.82) is 0 Å². The smallest absolute Gasteiger partial charge is 0.307 e. The lowest BCUT2D eigenvalue weighted by Crippen LogP contribution is -2.37. The van der Waals surface area contributed by atoms with Gasteiger partial charge in [-0.15, -0.1) is 0 Å². The fourth-order valence-electron chi connectivity index (χ4n) is 2.97. The number of sulfonamides is 1. The Kier molecular flexibility index (Phi) is 4.77. The zero-order valence-corrected chi connectivity index (χ0v) is 16.2. The van der Waals surface area contributed by atoms with E-state index in [0.717, 1.165) is 0 Å². The number of anilines is 1. The summed E-state index contributed by atoms with van der Waals surface area (Å²) in [5, 5.41) is 0.647. The van der Waals surface area contributed by atoms with Crippen LogP contribution in [0, 0.1) is 0 Å². The molecule has 4 rings (SSSR count). The van der Waals surface area contributed by atoms with Gasteiger partial charge in [0.2, 0.25) is 0 Å². The van der Waals surface area contributed by atoms with E-state index in [1.807, 2.05) is 0 Å². The van der Waals surface area contributed by atoms with Gasteiger partial charge in [0.1, 0.15) is 10.6 Å². The van der Waals surface area contributed by atoms with Gasteiger partial charge in [0.25, 0.3) is 10.0 Å². The molecule has 7 nitrogen and oxygen atoms in total. The predicted molar refractivity (Wildman–Crippen MR) is 107 cm³/mol. The Morgan fingerprint density at radius 3 is 2.45 bits per heavy atom. The maximum atomic E-state index is 13.6. The number of rotatable bonds is 5. The van der Waals surface area contributed by atoms with Crippen LogP contribution in [0.1, 0.15) is 10.6 Å². The molecule has 0 radical (unpaired) electrons. The number of benzene rings is 2. The maximum Gasteiger partial charge on any atom is 0.307 e. The van der Waals surface area contributed by atoms with Crippen molar-refractivity contribution in [2.45, 2.75) is 4.90 Å². The molecule has 0 aliphatic rings. The second-order valence-electron chi connectivity index (χ2n) is 6.08. The first kappa shape index (κ1) is 18.7. The van der Waals surface area contributed by atoms with Gasteiger partial charge in [-0.1, -0.05) is 18.2 Å². The van der Waals surface area contributed by atoms with Crippen molar-refractivity contribution in [2.24, 2.45) is 0 Å². The first-order valence-electron chi connectivity index (χ1n) is 8.63. The maximum absolute atomic E-state index is 13.6. The van der Waals surface area contributed by atoms with Crippen LogP contribution in [-0.4, -0.2) is 26.4 Å². The molecule has 0 aliphatic heterocycles. The van der Waals surface area contributed by atoms with Gasteiger partial charge in [-0.2, -0.15) is 4.31 Å². The van der Waals surface area contributed by atoms with Crippen LogP contribution in [0.5, 0.6) is 5.75 Å². The summed E-state index contributed by atoms with van der Waals surface area (Å²) in [4.78, 5) is 17.3. The lowest BCUT2D eigenvalue weighted by atomic mass is 10.2. The molecule has 1 amide bonds. The lowest BCUT2D eigenvalue weighted by molar-refractivity contribution is 0.0979. The normalized spacial score (nSPS) is 11.3. The standard InChI is InChI=1S/C21H16N2O5S/c1-27-17-11-9-16(10-12-17)23(21(24)18-7-4-14-28-18)29(25,26)19-8-2-5-15-6-3-13-22-20(15)19/h2-14H,1H3. The Morgan fingerprint density at radius 2 is 1.76 bits per heavy atom. The molecule has 146 valence electrons. The number of carbonyl (C=O) groups is 1. The molecule has 0 atom stereocenters. The van der Waals surface area contributed by atoms with E-state index in [9.17, 15) is 13.2 Å². The summed E-state index contributed by atoms with van der Waals surface area (Å²) >= 11 is 0. The minimum Gasteiger partial charge on any atom is -0.497 e. The number of pyridine rings is 1. The summed E-state index contributed by atoms with van der Waals surface area (Å²) in [6.45, 7) is 0. The fourth-order valence-corrected chi connectivity index (χ4v) is 4.54. The van der Waals surface area contributed by atoms with Crippen LogP contribution >= 0.6 is 0 Å². The third-order valence-corrected chi connectivity index (χ3v) is 6.08. The molecule has 0 saturated heterocycles. The van der Waals surface area contributed by atoms with E-state index in [1.165, 1.54) is 49.9 Å². The number of hydrogen-bond acceptors (Lipinski definition) is 6. The highest BCUT2D eigenvalue weighted by molar-refractivity contribution is 7.93. The van der Waals surface area contributed by atoms with Gasteiger partial charge in [0.15, 0.2) is 5.76 Å². The molecule has 0 unspecified atom stereocenters. The Morgan fingerprint density at radius 1 is 1.00 bits per heavy atom. The van der Waals surface area contributed by atoms with Gasteiger partial charge in [-0.3, -0.25) is 9.78 Å². The number of hydrogen-bond donors (Lipinski definition) is 0. The van der Waals surface area contributed by atoms with Crippen LogP contribution in [0.2, 0.25) is 0 Å². The second-order valence-corrected chi connectivity index (χ2v) is 7.84. The van der Waals surface area contributed by atoms with Crippen LogP contribution in [0.15, 0.2) is 88.5 Å². The average Bonchev–Trinajstić information content (AvgIpc) is 3.29. The number of ether oxygens (including phenoxy) is 1. The van der Waals surface area contributed by atoms with Crippen LogP contribution in [-0.2, 0) is 10.0 Å². The van der Waals surface area contributed by atoms with Gasteiger partial charge in [0, 0.05) is 11.6 Å². The second kappa shape index (κ2) is 7.40. The van der Waals surface area contributed by atoms with E-state index in [4.69, 9.17) is 9.15 Å². The molecule has 29 heavy (non-hydrogen) atoms. The SMILES string of the molecule is COc1ccc(N(C(=O)c2ccco2)S(=O)(=O)c2cccc3cccnc23)cc1. The zero-order chi connectivity index (χ0) is 20.4. The molecule has 2 aromatic heterocycles. The van der Waals surface area contributed by atoms with Crippen molar-refractivity contribution in [1.82, 2.24) is 4.98 Å². The average molecular weight is 408 g/mol. The highest BCUT2D eigenvalue weighted by Gasteiger charge is 2.34. The van der Waals surface area contributed by atoms with Crippen LogP contribution < -0.4 is 9.04 Å². The number of aromatic nitrogens is 1. The lowest BCUT2D eigenvalue weighted by Gasteiger charge is -2.22. The molecule has 0 bridgehead atoms. The van der Waals surface area contributed by atoms with E-state index in [-0.39, 0.29) is 21.9 Å². The Labute approximate surface area is 167 Å². The Balaban J connectivity index is 1.92. The molecule has 2 heterocycles. The van der Waals surface area contributed by atoms with E-state index in [2.05, 4.69) is 4.98 Å². The fraction of sp³-hybridized carbons (Fsp3) is 0.0476. The molecular formula is C21H16N2O5S. The molecule has 8 heteroatoms. The predicted octanol–water partition coefficient (Wildman–Crippen LogP) is 3.87. The molecule has 0 saturated carbocycles. The molecule has 0 N–H and O–H groups in total. The minimum absolute atomic E-state index is 0.0775. The third-order valence-electron chi connectivity index (χ3n) is 4.34. The van der Waals surface area contributed by atoms with E-state index in [0.29, 0.717) is 15.4 Å². The highest BCUT2D eigenvalue weighted by atomic mass is 32.2. The Hall–Kier alpha value is -3.65. The van der Waals surface area contributed by atoms with Gasteiger partial charge < -0.3 is 9.15 Å². The third kappa shape index (κ3) is 3.34. The summed E-state index contributed by atoms with van der Waals surface area (Å²) in [6, 6.07) is 17.3. The van der Waals surface area contributed by atoms with E-state index in [1.54, 1.807) is 36.4 Å². The van der Waals surface area contributed by atoms with Gasteiger partial charge in [-0.05, 0) is 48.5 Å². The first-order valence-corrected chi connectivity index (χ1v) is 10.1. The molecule has 0 aliphatic carbocycles. The van der Waals surface area contributed by atoms with Crippen LogP contribution in [0.3, 0.4) is 0 Å². The van der Waals surface area contributed by atoms with Crippen molar-refractivity contribution < 1.29 is 22.4 Å². The molecule has 0 spiro atoms. The largest absolute Gasteiger partial charge is 0.497 e. The molecular weight excluding hydrogens is 392 g/mol. The minimum atomic E-state index is -4.31. The van der Waals surface area contributed by atoms with E-state index < -0.39 is 15.9 Å². The zero-order valence-electron chi connectivity index (χ0n) is 15.3. The van der Waals surface area contributed by atoms with Crippen LogP contribution in [0.4, 0.5) is 5.69 Å².